The molecule has 0 unspecified atom stereocenters. The topological polar surface area (TPSA) is 57.4 Å². The first kappa shape index (κ1) is 16.5. The molecule has 0 radical (unpaired) electrons. The van der Waals surface area contributed by atoms with Crippen molar-refractivity contribution in [2.45, 2.75) is 18.9 Å². The van der Waals surface area contributed by atoms with Crippen molar-refractivity contribution < 1.29 is 9.53 Å². The number of methoxy groups -OCH3 is 1. The van der Waals surface area contributed by atoms with Crippen molar-refractivity contribution in [1.29, 1.82) is 0 Å². The number of aromatic amines is 1. The third kappa shape index (κ3) is 3.38. The fourth-order valence-electron chi connectivity index (χ4n) is 3.54. The number of hydrogen-bond acceptors (Lipinski definition) is 3. The summed E-state index contributed by atoms with van der Waals surface area (Å²) in [6, 6.07) is 16.1. The Balaban J connectivity index is 1.34. The van der Waals surface area contributed by atoms with E-state index in [1.807, 2.05) is 42.6 Å². The Bertz CT molecular complexity index is 893. The lowest BCUT2D eigenvalue weighted by Gasteiger charge is -2.34. The Morgan fingerprint density at radius 1 is 1.12 bits per heavy atom. The highest BCUT2D eigenvalue weighted by Gasteiger charge is 2.21. The first-order valence-corrected chi connectivity index (χ1v) is 9.00. The molecular formula is C21H23N3O2. The highest BCUT2D eigenvalue weighted by molar-refractivity contribution is 5.98. The van der Waals surface area contributed by atoms with Gasteiger partial charge in [-0.2, -0.15) is 0 Å². The van der Waals surface area contributed by atoms with Gasteiger partial charge in [0.2, 0.25) is 0 Å². The molecule has 1 saturated heterocycles. The van der Waals surface area contributed by atoms with Crippen LogP contribution in [0.4, 0.5) is 5.69 Å². The molecule has 4 rings (SSSR count). The number of nitrogens with one attached hydrogen (secondary N) is 2. The Kier molecular flexibility index (Phi) is 4.52. The second kappa shape index (κ2) is 7.12. The van der Waals surface area contributed by atoms with Crippen molar-refractivity contribution in [2.75, 3.05) is 25.1 Å². The molecule has 2 N–H and O–H groups in total. The highest BCUT2D eigenvalue weighted by Crippen LogP contribution is 2.23. The molecule has 0 aliphatic carbocycles. The van der Waals surface area contributed by atoms with E-state index in [0.717, 1.165) is 48.1 Å². The lowest BCUT2D eigenvalue weighted by Crippen LogP contribution is -2.44. The average molecular weight is 349 g/mol. The molecule has 134 valence electrons. The van der Waals surface area contributed by atoms with E-state index < -0.39 is 0 Å². The van der Waals surface area contributed by atoms with Gasteiger partial charge < -0.3 is 19.9 Å². The first-order valence-electron chi connectivity index (χ1n) is 9.00. The van der Waals surface area contributed by atoms with Gasteiger partial charge in [-0.15, -0.1) is 0 Å². The number of piperidine rings is 1. The van der Waals surface area contributed by atoms with Crippen LogP contribution < -0.4 is 15.0 Å². The number of aromatic nitrogens is 1. The fraction of sp³-hybridized carbons (Fsp3) is 0.286. The van der Waals surface area contributed by atoms with Crippen molar-refractivity contribution in [3.05, 3.63) is 60.3 Å². The molecule has 1 aromatic heterocycles. The van der Waals surface area contributed by atoms with E-state index in [2.05, 4.69) is 27.3 Å². The predicted octanol–water partition coefficient (Wildman–Crippen LogP) is 3.58. The van der Waals surface area contributed by atoms with Gasteiger partial charge in [0.15, 0.2) is 0 Å². The molecule has 5 nitrogen and oxygen atoms in total. The third-order valence-electron chi connectivity index (χ3n) is 5.08. The maximum absolute atomic E-state index is 12.6. The second-order valence-electron chi connectivity index (χ2n) is 6.71. The number of carbonyl (C=O) groups excluding carboxylic acids is 1. The number of anilines is 1. The summed E-state index contributed by atoms with van der Waals surface area (Å²) in [5.74, 6) is 0.881. The molecule has 0 bridgehead atoms. The zero-order valence-electron chi connectivity index (χ0n) is 14.9. The summed E-state index contributed by atoms with van der Waals surface area (Å²) in [5, 5.41) is 4.25. The van der Waals surface area contributed by atoms with Gasteiger partial charge in [0.05, 0.1) is 7.11 Å². The van der Waals surface area contributed by atoms with Crippen LogP contribution in [-0.2, 0) is 0 Å². The summed E-state index contributed by atoms with van der Waals surface area (Å²) in [7, 11) is 1.68. The lowest BCUT2D eigenvalue weighted by molar-refractivity contribution is 0.0931. The Morgan fingerprint density at radius 3 is 2.62 bits per heavy atom. The minimum Gasteiger partial charge on any atom is -0.497 e. The van der Waals surface area contributed by atoms with E-state index in [1.54, 1.807) is 7.11 Å². The molecule has 3 aromatic rings. The van der Waals surface area contributed by atoms with E-state index in [1.165, 1.54) is 5.69 Å². The van der Waals surface area contributed by atoms with Gasteiger partial charge >= 0.3 is 0 Å². The second-order valence-corrected chi connectivity index (χ2v) is 6.71. The van der Waals surface area contributed by atoms with E-state index in [4.69, 9.17) is 4.74 Å². The summed E-state index contributed by atoms with van der Waals surface area (Å²) >= 11 is 0. The maximum Gasteiger partial charge on any atom is 0.251 e. The van der Waals surface area contributed by atoms with Crippen LogP contribution in [0.5, 0.6) is 5.75 Å². The highest BCUT2D eigenvalue weighted by atomic mass is 16.5. The van der Waals surface area contributed by atoms with Crippen molar-refractivity contribution in [3.8, 4) is 5.75 Å². The quantitative estimate of drug-likeness (QED) is 0.757. The van der Waals surface area contributed by atoms with E-state index in [9.17, 15) is 4.79 Å². The van der Waals surface area contributed by atoms with Gasteiger partial charge in [0, 0.05) is 47.5 Å². The zero-order chi connectivity index (χ0) is 17.9. The molecule has 5 heteroatoms. The van der Waals surface area contributed by atoms with Gasteiger partial charge in [0.25, 0.3) is 5.91 Å². The van der Waals surface area contributed by atoms with Crippen LogP contribution in [0, 0.1) is 0 Å². The molecule has 26 heavy (non-hydrogen) atoms. The summed E-state index contributed by atoms with van der Waals surface area (Å²) in [6.45, 7) is 1.88. The predicted molar refractivity (Wildman–Crippen MR) is 104 cm³/mol. The van der Waals surface area contributed by atoms with E-state index in [-0.39, 0.29) is 11.9 Å². The molecule has 1 amide bonds. The Morgan fingerprint density at radius 2 is 1.88 bits per heavy atom. The van der Waals surface area contributed by atoms with Crippen LogP contribution >= 0.6 is 0 Å². The molecule has 2 aromatic carbocycles. The van der Waals surface area contributed by atoms with Gasteiger partial charge in [-0.25, -0.2) is 0 Å². The van der Waals surface area contributed by atoms with Crippen LogP contribution in [-0.4, -0.2) is 37.1 Å². The zero-order valence-corrected chi connectivity index (χ0v) is 14.9. The van der Waals surface area contributed by atoms with Crippen LogP contribution in [0.15, 0.2) is 54.7 Å². The van der Waals surface area contributed by atoms with Crippen LogP contribution in [0.3, 0.4) is 0 Å². The number of amides is 1. The van der Waals surface area contributed by atoms with Crippen molar-refractivity contribution >= 4 is 22.5 Å². The van der Waals surface area contributed by atoms with Crippen LogP contribution in [0.1, 0.15) is 23.2 Å². The Labute approximate surface area is 153 Å². The normalized spacial score (nSPS) is 15.2. The van der Waals surface area contributed by atoms with Gasteiger partial charge in [-0.05, 0) is 61.4 Å². The number of H-pyrrole nitrogens is 1. The number of ether oxygens (including phenoxy) is 1. The molecule has 0 spiro atoms. The Hall–Kier alpha value is -2.95. The third-order valence-corrected chi connectivity index (χ3v) is 5.08. The minimum absolute atomic E-state index is 0.0102. The number of nitrogens with zero attached hydrogens (tertiary/aromatic N) is 1. The standard InChI is InChI=1S/C21H23N3O2/c1-26-19-5-3-18(4-6-19)24-12-9-17(10-13-24)23-21(25)16-2-7-20-15(14-16)8-11-22-20/h2-8,11,14,17,22H,9-10,12-13H2,1H3,(H,23,25). The van der Waals surface area contributed by atoms with Crippen LogP contribution in [0.2, 0.25) is 0 Å². The molecule has 0 saturated carbocycles. The first-order chi connectivity index (χ1) is 12.7. The molecule has 2 heterocycles. The lowest BCUT2D eigenvalue weighted by atomic mass is 10.0. The van der Waals surface area contributed by atoms with Gasteiger partial charge in [-0.1, -0.05) is 0 Å². The summed E-state index contributed by atoms with van der Waals surface area (Å²) in [4.78, 5) is 18.1. The number of carbonyl (C=O) groups is 1. The van der Waals surface area contributed by atoms with Crippen molar-refractivity contribution in [1.82, 2.24) is 10.3 Å². The maximum atomic E-state index is 12.6. The minimum atomic E-state index is 0.0102. The van der Waals surface area contributed by atoms with Crippen molar-refractivity contribution in [2.24, 2.45) is 0 Å². The smallest absolute Gasteiger partial charge is 0.251 e. The largest absolute Gasteiger partial charge is 0.497 e. The number of fused-ring (bicyclic) bond motifs is 1. The van der Waals surface area contributed by atoms with Gasteiger partial charge in [-0.3, -0.25) is 4.79 Å². The van der Waals surface area contributed by atoms with E-state index in [0.29, 0.717) is 0 Å². The molecule has 1 aliphatic rings. The monoisotopic (exact) mass is 349 g/mol. The SMILES string of the molecule is COc1ccc(N2CCC(NC(=O)c3ccc4[nH]ccc4c3)CC2)cc1. The van der Waals surface area contributed by atoms with Crippen molar-refractivity contribution in [3.63, 3.8) is 0 Å². The molecule has 1 fully saturated rings. The summed E-state index contributed by atoms with van der Waals surface area (Å²) in [6.07, 6.45) is 3.79. The molecule has 1 aliphatic heterocycles. The summed E-state index contributed by atoms with van der Waals surface area (Å²) < 4.78 is 5.21. The van der Waals surface area contributed by atoms with Gasteiger partial charge in [0.1, 0.15) is 5.75 Å². The fourth-order valence-corrected chi connectivity index (χ4v) is 3.54. The summed E-state index contributed by atoms with van der Waals surface area (Å²) in [5.41, 5.74) is 2.97. The van der Waals surface area contributed by atoms with Crippen LogP contribution in [0.25, 0.3) is 10.9 Å². The number of rotatable bonds is 4. The average Bonchev–Trinajstić information content (AvgIpc) is 3.16. The number of benzene rings is 2. The van der Waals surface area contributed by atoms with E-state index >= 15 is 0 Å². The molecule has 0 atom stereocenters. The number of hydrogen-bond donors (Lipinski definition) is 2. The molecular weight excluding hydrogens is 326 g/mol.